The summed E-state index contributed by atoms with van der Waals surface area (Å²) in [4.78, 5) is 12.5. The highest BCUT2D eigenvalue weighted by Gasteiger charge is 2.60. The average molecular weight is 328 g/mol. The Labute approximate surface area is 134 Å². The number of nitrogens with one attached hydrogen (secondary N) is 1. The molecule has 2 rings (SSSR count). The van der Waals surface area contributed by atoms with Crippen molar-refractivity contribution in [3.05, 3.63) is 11.6 Å². The summed E-state index contributed by atoms with van der Waals surface area (Å²) in [6.45, 7) is 9.38. The summed E-state index contributed by atoms with van der Waals surface area (Å²) >= 11 is 0. The number of allylic oxidation sites excluding steroid dienone is 2. The van der Waals surface area contributed by atoms with Crippen LogP contribution in [0.1, 0.15) is 40.5 Å². The van der Waals surface area contributed by atoms with Gasteiger partial charge in [0.05, 0.1) is 12.2 Å². The van der Waals surface area contributed by atoms with E-state index in [0.29, 0.717) is 31.8 Å². The van der Waals surface area contributed by atoms with Crippen LogP contribution in [0.3, 0.4) is 0 Å². The fraction of sp³-hybridized carbons (Fsp3) is 0.812. The van der Waals surface area contributed by atoms with Crippen molar-refractivity contribution < 1.29 is 13.2 Å². The second-order valence-corrected chi connectivity index (χ2v) is 9.50. The average Bonchev–Trinajstić information content (AvgIpc) is 2.89. The van der Waals surface area contributed by atoms with Gasteiger partial charge in [-0.25, -0.2) is 12.7 Å². The van der Waals surface area contributed by atoms with E-state index in [9.17, 15) is 13.2 Å². The highest BCUT2D eigenvalue weighted by Crippen LogP contribution is 2.59. The molecule has 2 atom stereocenters. The molecule has 2 fully saturated rings. The number of hydrogen-bond acceptors (Lipinski definition) is 3. The summed E-state index contributed by atoms with van der Waals surface area (Å²) in [5.41, 5.74) is 1.27. The highest BCUT2D eigenvalue weighted by molar-refractivity contribution is 7.88. The van der Waals surface area contributed by atoms with Crippen LogP contribution in [0.15, 0.2) is 11.6 Å². The molecule has 126 valence electrons. The fourth-order valence-electron chi connectivity index (χ4n) is 3.47. The van der Waals surface area contributed by atoms with Gasteiger partial charge in [-0.1, -0.05) is 25.5 Å². The number of rotatable bonds is 4. The molecule has 1 heterocycles. The maximum Gasteiger partial charge on any atom is 0.224 e. The lowest BCUT2D eigenvalue weighted by Gasteiger charge is -2.30. The van der Waals surface area contributed by atoms with Gasteiger partial charge in [0.1, 0.15) is 0 Å². The van der Waals surface area contributed by atoms with Crippen molar-refractivity contribution in [2.24, 2.45) is 17.3 Å². The van der Waals surface area contributed by atoms with Crippen LogP contribution in [0, 0.1) is 17.3 Å². The van der Waals surface area contributed by atoms with Gasteiger partial charge >= 0.3 is 0 Å². The van der Waals surface area contributed by atoms with E-state index in [1.165, 1.54) is 16.1 Å². The van der Waals surface area contributed by atoms with E-state index in [-0.39, 0.29) is 23.3 Å². The first-order valence-electron chi connectivity index (χ1n) is 7.94. The zero-order valence-electron chi connectivity index (χ0n) is 14.2. The molecule has 1 N–H and O–H groups in total. The summed E-state index contributed by atoms with van der Waals surface area (Å²) in [7, 11) is -3.11. The van der Waals surface area contributed by atoms with Gasteiger partial charge in [-0.05, 0) is 38.0 Å². The SMILES string of the molecule is CC(C)=C[C@H]1[C@H](C(=O)NC2CCN(S(C)(=O)=O)CC2)C1(C)C. The molecule has 0 spiro atoms. The molecule has 1 aliphatic carbocycles. The Morgan fingerprint density at radius 3 is 2.23 bits per heavy atom. The molecule has 22 heavy (non-hydrogen) atoms. The van der Waals surface area contributed by atoms with Crippen molar-refractivity contribution in [1.82, 2.24) is 9.62 Å². The summed E-state index contributed by atoms with van der Waals surface area (Å²) in [5.74, 6) is 0.467. The van der Waals surface area contributed by atoms with Gasteiger partial charge in [0.2, 0.25) is 15.9 Å². The number of hydrogen-bond donors (Lipinski definition) is 1. The number of sulfonamides is 1. The van der Waals surface area contributed by atoms with Crippen LogP contribution in [-0.4, -0.2) is 44.0 Å². The van der Waals surface area contributed by atoms with Gasteiger partial charge in [0.25, 0.3) is 0 Å². The molecular weight excluding hydrogens is 300 g/mol. The van der Waals surface area contributed by atoms with Crippen LogP contribution in [0.5, 0.6) is 0 Å². The molecular formula is C16H28N2O3S. The molecule has 6 heteroatoms. The first kappa shape index (κ1) is 17.5. The van der Waals surface area contributed by atoms with Crippen molar-refractivity contribution in [3.8, 4) is 0 Å². The van der Waals surface area contributed by atoms with E-state index in [1.807, 2.05) is 0 Å². The number of carbonyl (C=O) groups is 1. The fourth-order valence-corrected chi connectivity index (χ4v) is 4.35. The minimum atomic E-state index is -3.11. The molecule has 1 saturated carbocycles. The lowest BCUT2D eigenvalue weighted by Crippen LogP contribution is -2.46. The van der Waals surface area contributed by atoms with Crippen molar-refractivity contribution in [3.63, 3.8) is 0 Å². The molecule has 1 saturated heterocycles. The summed E-state index contributed by atoms with van der Waals surface area (Å²) < 4.78 is 24.5. The van der Waals surface area contributed by atoms with E-state index in [4.69, 9.17) is 0 Å². The normalized spacial score (nSPS) is 29.0. The third-order valence-corrected chi connectivity index (χ3v) is 6.28. The predicted octanol–water partition coefficient (Wildman–Crippen LogP) is 1.76. The molecule has 0 aromatic heterocycles. The molecule has 5 nitrogen and oxygen atoms in total. The highest BCUT2D eigenvalue weighted by atomic mass is 32.2. The molecule has 0 radical (unpaired) electrons. The maximum atomic E-state index is 12.5. The number of carbonyl (C=O) groups excluding carboxylic acids is 1. The monoisotopic (exact) mass is 328 g/mol. The van der Waals surface area contributed by atoms with E-state index in [1.54, 1.807) is 0 Å². The van der Waals surface area contributed by atoms with Crippen molar-refractivity contribution in [2.45, 2.75) is 46.6 Å². The lowest BCUT2D eigenvalue weighted by atomic mass is 10.1. The standard InChI is InChI=1S/C16H28N2O3S/c1-11(2)10-13-14(16(13,3)4)15(19)17-12-6-8-18(9-7-12)22(5,20)21/h10,12-14H,6-9H2,1-5H3,(H,17,19)/t13-,14+/m0/s1. The Bertz CT molecular complexity index is 568. The Hall–Kier alpha value is -0.880. The van der Waals surface area contributed by atoms with E-state index in [2.05, 4.69) is 39.1 Å². The first-order valence-corrected chi connectivity index (χ1v) is 9.79. The van der Waals surface area contributed by atoms with E-state index in [0.717, 1.165) is 0 Å². The van der Waals surface area contributed by atoms with Gasteiger partial charge in [-0.15, -0.1) is 0 Å². The van der Waals surface area contributed by atoms with Gasteiger partial charge in [-0.2, -0.15) is 0 Å². The number of piperidine rings is 1. The van der Waals surface area contributed by atoms with E-state index < -0.39 is 10.0 Å². The minimum absolute atomic E-state index is 0.0226. The van der Waals surface area contributed by atoms with Crippen molar-refractivity contribution in [2.75, 3.05) is 19.3 Å². The summed E-state index contributed by atoms with van der Waals surface area (Å²) in [5, 5.41) is 3.12. The quantitative estimate of drug-likeness (QED) is 0.800. The van der Waals surface area contributed by atoms with Crippen LogP contribution in [0.25, 0.3) is 0 Å². The zero-order chi connectivity index (χ0) is 16.7. The molecule has 0 bridgehead atoms. The lowest BCUT2D eigenvalue weighted by molar-refractivity contribution is -0.124. The van der Waals surface area contributed by atoms with Crippen molar-refractivity contribution in [1.29, 1.82) is 0 Å². The van der Waals surface area contributed by atoms with Crippen LogP contribution < -0.4 is 5.32 Å². The number of amides is 1. The Morgan fingerprint density at radius 1 is 1.23 bits per heavy atom. The largest absolute Gasteiger partial charge is 0.353 e. The van der Waals surface area contributed by atoms with Gasteiger partial charge in [0.15, 0.2) is 0 Å². The molecule has 0 unspecified atom stereocenters. The summed E-state index contributed by atoms with van der Waals surface area (Å²) in [6.07, 6.45) is 4.82. The van der Waals surface area contributed by atoms with Gasteiger partial charge in [0, 0.05) is 19.1 Å². The van der Waals surface area contributed by atoms with Crippen LogP contribution in [-0.2, 0) is 14.8 Å². The number of nitrogens with zero attached hydrogens (tertiary/aromatic N) is 1. The Kier molecular flexibility index (Phi) is 4.74. The molecule has 2 aliphatic rings. The molecule has 1 amide bonds. The second-order valence-electron chi connectivity index (χ2n) is 7.51. The van der Waals surface area contributed by atoms with Crippen LogP contribution in [0.2, 0.25) is 0 Å². The molecule has 1 aliphatic heterocycles. The summed E-state index contributed by atoms with van der Waals surface area (Å²) in [6, 6.07) is 0.0919. The minimum Gasteiger partial charge on any atom is -0.353 e. The third kappa shape index (κ3) is 3.71. The second kappa shape index (κ2) is 5.96. The maximum absolute atomic E-state index is 12.5. The zero-order valence-corrected chi connectivity index (χ0v) is 15.0. The first-order chi connectivity index (χ1) is 10.0. The molecule has 0 aromatic carbocycles. The Balaban J connectivity index is 1.88. The predicted molar refractivity (Wildman–Crippen MR) is 87.8 cm³/mol. The van der Waals surface area contributed by atoms with Gasteiger partial charge in [-0.3, -0.25) is 4.79 Å². The van der Waals surface area contributed by atoms with E-state index >= 15 is 0 Å². The molecule has 0 aromatic rings. The topological polar surface area (TPSA) is 66.5 Å². The van der Waals surface area contributed by atoms with Crippen molar-refractivity contribution >= 4 is 15.9 Å². The van der Waals surface area contributed by atoms with Gasteiger partial charge < -0.3 is 5.32 Å². The smallest absolute Gasteiger partial charge is 0.224 e. The Morgan fingerprint density at radius 2 is 1.77 bits per heavy atom. The third-order valence-electron chi connectivity index (χ3n) is 4.98. The van der Waals surface area contributed by atoms with Crippen LogP contribution >= 0.6 is 0 Å². The van der Waals surface area contributed by atoms with Crippen LogP contribution in [0.4, 0.5) is 0 Å².